The lowest BCUT2D eigenvalue weighted by Crippen LogP contribution is -2.15. The smallest absolute Gasteiger partial charge is 0.273 e. The summed E-state index contributed by atoms with van der Waals surface area (Å²) in [6, 6.07) is 4.49. The van der Waals surface area contributed by atoms with E-state index in [4.69, 9.17) is 18.0 Å². The molecule has 0 radical (unpaired) electrons. The minimum atomic E-state index is -0.422. The standard InChI is InChI=1S/C11H11ClN2O2/c1-2-3-6-13-8-9-7-10(12)4-5-11(9)14(15)16/h1,4-5,7,13H,3,6,8H2. The molecular weight excluding hydrogens is 228 g/mol. The minimum absolute atomic E-state index is 0.0672. The quantitative estimate of drug-likeness (QED) is 0.371. The molecule has 0 aliphatic rings. The van der Waals surface area contributed by atoms with Crippen LogP contribution in [0.5, 0.6) is 0 Å². The molecule has 1 aromatic rings. The van der Waals surface area contributed by atoms with Crippen molar-refractivity contribution in [3.05, 3.63) is 38.9 Å². The molecule has 0 saturated heterocycles. The van der Waals surface area contributed by atoms with Gasteiger partial charge in [-0.3, -0.25) is 10.1 Å². The van der Waals surface area contributed by atoms with Crippen LogP contribution in [0.15, 0.2) is 18.2 Å². The van der Waals surface area contributed by atoms with Gasteiger partial charge in [-0.2, -0.15) is 0 Å². The predicted molar refractivity (Wildman–Crippen MR) is 63.3 cm³/mol. The number of nitro groups is 1. The fraction of sp³-hybridized carbons (Fsp3) is 0.273. The Morgan fingerprint density at radius 1 is 1.56 bits per heavy atom. The van der Waals surface area contributed by atoms with Gasteiger partial charge in [0.1, 0.15) is 0 Å². The monoisotopic (exact) mass is 238 g/mol. The summed E-state index contributed by atoms with van der Waals surface area (Å²) < 4.78 is 0. The van der Waals surface area contributed by atoms with Gasteiger partial charge in [0.2, 0.25) is 0 Å². The first-order valence-corrected chi connectivity index (χ1v) is 5.10. The van der Waals surface area contributed by atoms with Crippen LogP contribution in [0.4, 0.5) is 5.69 Å². The number of nitrogens with zero attached hydrogens (tertiary/aromatic N) is 1. The molecular formula is C11H11ClN2O2. The minimum Gasteiger partial charge on any atom is -0.311 e. The van der Waals surface area contributed by atoms with E-state index in [0.717, 1.165) is 0 Å². The lowest BCUT2D eigenvalue weighted by Gasteiger charge is -2.04. The summed E-state index contributed by atoms with van der Waals surface area (Å²) in [6.45, 7) is 1.01. The number of hydrogen-bond donors (Lipinski definition) is 1. The Kier molecular flexibility index (Phi) is 4.77. The van der Waals surface area contributed by atoms with Gasteiger partial charge >= 0.3 is 0 Å². The lowest BCUT2D eigenvalue weighted by molar-refractivity contribution is -0.385. The lowest BCUT2D eigenvalue weighted by atomic mass is 10.2. The van der Waals surface area contributed by atoms with Gasteiger partial charge in [-0.05, 0) is 12.1 Å². The number of halogens is 1. The molecule has 1 N–H and O–H groups in total. The van der Waals surface area contributed by atoms with Gasteiger partial charge in [0.15, 0.2) is 0 Å². The van der Waals surface area contributed by atoms with Crippen LogP contribution in [-0.4, -0.2) is 11.5 Å². The van der Waals surface area contributed by atoms with Crippen molar-refractivity contribution in [1.29, 1.82) is 0 Å². The van der Waals surface area contributed by atoms with Crippen LogP contribution in [0.2, 0.25) is 5.02 Å². The maximum atomic E-state index is 10.7. The topological polar surface area (TPSA) is 55.2 Å². The van der Waals surface area contributed by atoms with Crippen LogP contribution in [0.1, 0.15) is 12.0 Å². The molecule has 0 fully saturated rings. The van der Waals surface area contributed by atoms with Crippen molar-refractivity contribution in [3.63, 3.8) is 0 Å². The molecule has 16 heavy (non-hydrogen) atoms. The van der Waals surface area contributed by atoms with E-state index in [9.17, 15) is 10.1 Å². The molecule has 0 heterocycles. The summed E-state index contributed by atoms with van der Waals surface area (Å²) in [5.74, 6) is 2.48. The van der Waals surface area contributed by atoms with Crippen molar-refractivity contribution in [1.82, 2.24) is 5.32 Å². The van der Waals surface area contributed by atoms with E-state index < -0.39 is 4.92 Å². The van der Waals surface area contributed by atoms with Crippen LogP contribution in [0.25, 0.3) is 0 Å². The van der Waals surface area contributed by atoms with Crippen LogP contribution >= 0.6 is 11.6 Å². The number of terminal acetylenes is 1. The van der Waals surface area contributed by atoms with Crippen molar-refractivity contribution in [3.8, 4) is 12.3 Å². The van der Waals surface area contributed by atoms with Crippen molar-refractivity contribution in [2.24, 2.45) is 0 Å². The van der Waals surface area contributed by atoms with Crippen LogP contribution < -0.4 is 5.32 Å². The maximum Gasteiger partial charge on any atom is 0.273 e. The van der Waals surface area contributed by atoms with E-state index in [1.165, 1.54) is 12.1 Å². The molecule has 0 spiro atoms. The van der Waals surface area contributed by atoms with E-state index in [0.29, 0.717) is 30.1 Å². The summed E-state index contributed by atoms with van der Waals surface area (Å²) in [4.78, 5) is 10.3. The molecule has 0 unspecified atom stereocenters. The summed E-state index contributed by atoms with van der Waals surface area (Å²) >= 11 is 5.78. The third kappa shape index (κ3) is 3.54. The maximum absolute atomic E-state index is 10.7. The average molecular weight is 239 g/mol. The van der Waals surface area contributed by atoms with Gasteiger partial charge in [-0.25, -0.2) is 0 Å². The van der Waals surface area contributed by atoms with Crippen molar-refractivity contribution >= 4 is 17.3 Å². The van der Waals surface area contributed by atoms with Gasteiger partial charge in [0.05, 0.1) is 4.92 Å². The summed E-state index contributed by atoms with van der Waals surface area (Å²) in [6.07, 6.45) is 5.68. The Hall–Kier alpha value is -1.57. The molecule has 4 nitrogen and oxygen atoms in total. The molecule has 1 rings (SSSR count). The number of benzene rings is 1. The Morgan fingerprint density at radius 2 is 2.31 bits per heavy atom. The summed E-state index contributed by atoms with van der Waals surface area (Å²) in [5.41, 5.74) is 0.632. The highest BCUT2D eigenvalue weighted by Crippen LogP contribution is 2.22. The van der Waals surface area contributed by atoms with E-state index in [1.807, 2.05) is 0 Å². The van der Waals surface area contributed by atoms with Crippen molar-refractivity contribution < 1.29 is 4.92 Å². The van der Waals surface area contributed by atoms with Gasteiger partial charge in [-0.15, -0.1) is 12.3 Å². The predicted octanol–water partition coefficient (Wildman–Crippen LogP) is 2.36. The molecule has 1 aromatic carbocycles. The largest absolute Gasteiger partial charge is 0.311 e. The second-order valence-electron chi connectivity index (χ2n) is 3.16. The third-order valence-electron chi connectivity index (χ3n) is 2.00. The first-order valence-electron chi connectivity index (χ1n) is 4.72. The molecule has 0 saturated carbocycles. The van der Waals surface area contributed by atoms with Gasteiger partial charge in [0, 0.05) is 36.2 Å². The number of rotatable bonds is 5. The average Bonchev–Trinajstić information content (AvgIpc) is 2.24. The number of nitro benzene ring substituents is 1. The zero-order valence-corrected chi connectivity index (χ0v) is 9.33. The Bertz CT molecular complexity index is 426. The fourth-order valence-corrected chi connectivity index (χ4v) is 1.45. The van der Waals surface area contributed by atoms with E-state index >= 15 is 0 Å². The van der Waals surface area contributed by atoms with Gasteiger partial charge in [-0.1, -0.05) is 11.6 Å². The van der Waals surface area contributed by atoms with E-state index in [1.54, 1.807) is 6.07 Å². The first kappa shape index (κ1) is 12.5. The highest BCUT2D eigenvalue weighted by molar-refractivity contribution is 6.30. The normalized spacial score (nSPS) is 9.75. The van der Waals surface area contributed by atoms with E-state index in [2.05, 4.69) is 11.2 Å². The molecule has 0 bridgehead atoms. The number of nitrogens with one attached hydrogen (secondary N) is 1. The molecule has 0 aromatic heterocycles. The molecule has 0 atom stereocenters. The second-order valence-corrected chi connectivity index (χ2v) is 3.60. The van der Waals surface area contributed by atoms with Gasteiger partial charge < -0.3 is 5.32 Å². The van der Waals surface area contributed by atoms with Crippen molar-refractivity contribution in [2.75, 3.05) is 6.54 Å². The summed E-state index contributed by atoms with van der Waals surface area (Å²) in [5, 5.41) is 14.2. The molecule has 0 aliphatic carbocycles. The number of hydrogen-bond acceptors (Lipinski definition) is 3. The van der Waals surface area contributed by atoms with Crippen LogP contribution in [-0.2, 0) is 6.54 Å². The highest BCUT2D eigenvalue weighted by atomic mass is 35.5. The summed E-state index contributed by atoms with van der Waals surface area (Å²) in [7, 11) is 0. The van der Waals surface area contributed by atoms with Gasteiger partial charge in [0.25, 0.3) is 5.69 Å². The molecule has 84 valence electrons. The van der Waals surface area contributed by atoms with Crippen molar-refractivity contribution in [2.45, 2.75) is 13.0 Å². The second kappa shape index (κ2) is 6.11. The zero-order chi connectivity index (χ0) is 12.0. The molecule has 0 aliphatic heterocycles. The molecule has 0 amide bonds. The SMILES string of the molecule is C#CCCNCc1cc(Cl)ccc1[N+](=O)[O-]. The highest BCUT2D eigenvalue weighted by Gasteiger charge is 2.12. The molecule has 5 heteroatoms. The van der Waals surface area contributed by atoms with E-state index in [-0.39, 0.29) is 5.69 Å². The Balaban J connectivity index is 2.73. The fourth-order valence-electron chi connectivity index (χ4n) is 1.26. The first-order chi connectivity index (χ1) is 7.65. The Morgan fingerprint density at radius 3 is 2.94 bits per heavy atom. The zero-order valence-electron chi connectivity index (χ0n) is 8.57. The van der Waals surface area contributed by atoms with Crippen LogP contribution in [0.3, 0.4) is 0 Å². The Labute approximate surface area is 98.8 Å². The third-order valence-corrected chi connectivity index (χ3v) is 2.23. The van der Waals surface area contributed by atoms with Crippen LogP contribution in [0, 0.1) is 22.5 Å².